The van der Waals surface area contributed by atoms with Gasteiger partial charge in [-0.15, -0.1) is 5.54 Å². The minimum Gasteiger partial charge on any atom is -0.348 e. The number of hydrogen-bond donors (Lipinski definition) is 1. The predicted molar refractivity (Wildman–Crippen MR) is 83.2 cm³/mol. The molecule has 0 aliphatic heterocycles. The standard InChI is InChI=1S/C16H21NOSi/c1-14(10-11-19(2,3)4)12-16(18)17-13-15-8-6-5-7-9-15/h5-9,12H,13H2,1-4H3,(H,17,18)/b14-12-. The summed E-state index contributed by atoms with van der Waals surface area (Å²) in [5.41, 5.74) is 5.15. The summed E-state index contributed by atoms with van der Waals surface area (Å²) in [6, 6.07) is 9.86. The summed E-state index contributed by atoms with van der Waals surface area (Å²) in [6.45, 7) is 8.97. The maximum Gasteiger partial charge on any atom is 0.245 e. The Labute approximate surface area is 116 Å². The van der Waals surface area contributed by atoms with Crippen LogP contribution in [0.25, 0.3) is 0 Å². The molecule has 0 heterocycles. The molecule has 0 atom stereocenters. The Balaban J connectivity index is 2.52. The first-order chi connectivity index (χ1) is 8.87. The number of hydrogen-bond acceptors (Lipinski definition) is 1. The van der Waals surface area contributed by atoms with E-state index in [1.165, 1.54) is 0 Å². The van der Waals surface area contributed by atoms with Crippen molar-refractivity contribution >= 4 is 14.0 Å². The maximum absolute atomic E-state index is 11.7. The van der Waals surface area contributed by atoms with E-state index in [4.69, 9.17) is 0 Å². The molecular formula is C16H21NOSi. The van der Waals surface area contributed by atoms with Crippen LogP contribution in [-0.2, 0) is 11.3 Å². The molecule has 100 valence electrons. The lowest BCUT2D eigenvalue weighted by molar-refractivity contribution is -0.116. The molecule has 1 aromatic carbocycles. The van der Waals surface area contributed by atoms with Gasteiger partial charge in [-0.2, -0.15) is 0 Å². The predicted octanol–water partition coefficient (Wildman–Crippen LogP) is 3.13. The number of allylic oxidation sites excluding steroid dienone is 1. The van der Waals surface area contributed by atoms with Crippen LogP contribution in [0.3, 0.4) is 0 Å². The number of carbonyl (C=O) groups excluding carboxylic acids is 1. The second kappa shape index (κ2) is 6.96. The van der Waals surface area contributed by atoms with Gasteiger partial charge in [-0.25, -0.2) is 0 Å². The van der Waals surface area contributed by atoms with Crippen molar-refractivity contribution in [3.63, 3.8) is 0 Å². The smallest absolute Gasteiger partial charge is 0.245 e. The zero-order valence-electron chi connectivity index (χ0n) is 12.1. The van der Waals surface area contributed by atoms with E-state index in [1.807, 2.05) is 37.3 Å². The van der Waals surface area contributed by atoms with Crippen LogP contribution < -0.4 is 5.32 Å². The SMILES string of the molecule is C/C(C#C[Si](C)(C)C)=C/C(=O)NCc1ccccc1. The number of benzene rings is 1. The highest BCUT2D eigenvalue weighted by Gasteiger charge is 2.07. The molecule has 0 aliphatic carbocycles. The molecule has 0 saturated heterocycles. The van der Waals surface area contributed by atoms with Crippen LogP contribution in [0, 0.1) is 11.5 Å². The molecule has 3 heteroatoms. The third-order valence-electron chi connectivity index (χ3n) is 2.29. The summed E-state index contributed by atoms with van der Waals surface area (Å²) in [5, 5.41) is 2.86. The van der Waals surface area contributed by atoms with Gasteiger partial charge in [0.2, 0.25) is 5.91 Å². The quantitative estimate of drug-likeness (QED) is 0.511. The van der Waals surface area contributed by atoms with Crippen LogP contribution in [0.2, 0.25) is 19.6 Å². The van der Waals surface area contributed by atoms with E-state index in [-0.39, 0.29) is 5.91 Å². The van der Waals surface area contributed by atoms with Gasteiger partial charge in [-0.05, 0) is 12.5 Å². The van der Waals surface area contributed by atoms with Gasteiger partial charge in [-0.1, -0.05) is 55.9 Å². The van der Waals surface area contributed by atoms with Gasteiger partial charge in [0.15, 0.2) is 0 Å². The first-order valence-electron chi connectivity index (χ1n) is 6.40. The van der Waals surface area contributed by atoms with Crippen molar-refractivity contribution in [1.82, 2.24) is 5.32 Å². The molecule has 2 nitrogen and oxygen atoms in total. The average molecular weight is 271 g/mol. The molecule has 0 spiro atoms. The van der Waals surface area contributed by atoms with Crippen molar-refractivity contribution in [1.29, 1.82) is 0 Å². The second-order valence-electron chi connectivity index (χ2n) is 5.53. The molecular weight excluding hydrogens is 250 g/mol. The van der Waals surface area contributed by atoms with Gasteiger partial charge in [0, 0.05) is 18.2 Å². The Morgan fingerprint density at radius 2 is 1.89 bits per heavy atom. The highest BCUT2D eigenvalue weighted by atomic mass is 28.3. The van der Waals surface area contributed by atoms with Gasteiger partial charge >= 0.3 is 0 Å². The van der Waals surface area contributed by atoms with Gasteiger partial charge in [0.1, 0.15) is 8.07 Å². The maximum atomic E-state index is 11.7. The van der Waals surface area contributed by atoms with E-state index in [9.17, 15) is 4.79 Å². The second-order valence-corrected chi connectivity index (χ2v) is 10.3. The van der Waals surface area contributed by atoms with Gasteiger partial charge in [0.05, 0.1) is 0 Å². The van der Waals surface area contributed by atoms with Gasteiger partial charge in [0.25, 0.3) is 0 Å². The Morgan fingerprint density at radius 1 is 1.26 bits per heavy atom. The summed E-state index contributed by atoms with van der Waals surface area (Å²) in [7, 11) is -1.38. The van der Waals surface area contributed by atoms with Gasteiger partial charge < -0.3 is 5.32 Å². The van der Waals surface area contributed by atoms with Crippen LogP contribution in [0.1, 0.15) is 12.5 Å². The molecule has 1 aromatic rings. The molecule has 0 bridgehead atoms. The van der Waals surface area contributed by atoms with Crippen LogP contribution >= 0.6 is 0 Å². The molecule has 0 fully saturated rings. The minimum absolute atomic E-state index is 0.0915. The largest absolute Gasteiger partial charge is 0.348 e. The van der Waals surface area contributed by atoms with Crippen molar-refractivity contribution in [2.24, 2.45) is 0 Å². The summed E-state index contributed by atoms with van der Waals surface area (Å²) < 4.78 is 0. The third kappa shape index (κ3) is 7.27. The number of nitrogens with one attached hydrogen (secondary N) is 1. The van der Waals surface area contributed by atoms with Crippen molar-refractivity contribution in [3.05, 3.63) is 47.5 Å². The zero-order valence-corrected chi connectivity index (χ0v) is 13.1. The molecule has 0 unspecified atom stereocenters. The molecule has 1 rings (SSSR count). The normalized spacial score (nSPS) is 11.5. The number of rotatable bonds is 3. The van der Waals surface area contributed by atoms with Gasteiger partial charge in [-0.3, -0.25) is 4.79 Å². The number of amides is 1. The lowest BCUT2D eigenvalue weighted by atomic mass is 10.2. The molecule has 0 radical (unpaired) electrons. The average Bonchev–Trinajstić information content (AvgIpc) is 2.34. The zero-order chi connectivity index (χ0) is 14.3. The summed E-state index contributed by atoms with van der Waals surface area (Å²) in [6.07, 6.45) is 1.57. The van der Waals surface area contributed by atoms with Crippen LogP contribution in [-0.4, -0.2) is 14.0 Å². The fourth-order valence-corrected chi connectivity index (χ4v) is 1.93. The van der Waals surface area contributed by atoms with E-state index in [2.05, 4.69) is 36.4 Å². The molecule has 1 amide bonds. The molecule has 0 aliphatic rings. The Kier molecular flexibility index (Phi) is 5.59. The van der Waals surface area contributed by atoms with E-state index >= 15 is 0 Å². The highest BCUT2D eigenvalue weighted by Crippen LogP contribution is 1.99. The first kappa shape index (κ1) is 15.3. The molecule has 19 heavy (non-hydrogen) atoms. The fourth-order valence-electron chi connectivity index (χ4n) is 1.35. The van der Waals surface area contributed by atoms with E-state index in [1.54, 1.807) is 6.08 Å². The lowest BCUT2D eigenvalue weighted by Crippen LogP contribution is -2.20. The van der Waals surface area contributed by atoms with Crippen LogP contribution in [0.4, 0.5) is 0 Å². The van der Waals surface area contributed by atoms with Crippen LogP contribution in [0.5, 0.6) is 0 Å². The monoisotopic (exact) mass is 271 g/mol. The van der Waals surface area contributed by atoms with Crippen molar-refractivity contribution < 1.29 is 4.79 Å². The van der Waals surface area contributed by atoms with E-state index in [0.29, 0.717) is 6.54 Å². The Morgan fingerprint density at radius 3 is 2.47 bits per heavy atom. The van der Waals surface area contributed by atoms with E-state index < -0.39 is 8.07 Å². The van der Waals surface area contributed by atoms with E-state index in [0.717, 1.165) is 11.1 Å². The topological polar surface area (TPSA) is 29.1 Å². The molecule has 0 saturated carbocycles. The Bertz CT molecular complexity index is 515. The lowest BCUT2D eigenvalue weighted by Gasteiger charge is -2.04. The molecule has 0 aromatic heterocycles. The van der Waals surface area contributed by atoms with Crippen molar-refractivity contribution in [2.45, 2.75) is 33.1 Å². The van der Waals surface area contributed by atoms with Crippen molar-refractivity contribution in [3.8, 4) is 11.5 Å². The Hall–Kier alpha value is -1.79. The fraction of sp³-hybridized carbons (Fsp3) is 0.312. The summed E-state index contributed by atoms with van der Waals surface area (Å²) in [4.78, 5) is 11.7. The number of carbonyl (C=O) groups is 1. The first-order valence-corrected chi connectivity index (χ1v) is 9.90. The summed E-state index contributed by atoms with van der Waals surface area (Å²) in [5.74, 6) is 2.97. The molecule has 1 N–H and O–H groups in total. The minimum atomic E-state index is -1.38. The van der Waals surface area contributed by atoms with Crippen LogP contribution in [0.15, 0.2) is 42.0 Å². The van der Waals surface area contributed by atoms with Crippen molar-refractivity contribution in [2.75, 3.05) is 0 Å². The summed E-state index contributed by atoms with van der Waals surface area (Å²) >= 11 is 0. The third-order valence-corrected chi connectivity index (χ3v) is 3.17. The highest BCUT2D eigenvalue weighted by molar-refractivity contribution is 6.83.